The Morgan fingerprint density at radius 3 is 1.83 bits per heavy atom. The third-order valence-electron chi connectivity index (χ3n) is 4.42. The van der Waals surface area contributed by atoms with E-state index in [1.54, 1.807) is 0 Å². The molecule has 0 N–H and O–H groups in total. The van der Waals surface area contributed by atoms with Crippen LogP contribution in [-0.4, -0.2) is 6.61 Å². The molecule has 0 aliphatic heterocycles. The molecule has 0 radical (unpaired) electrons. The lowest BCUT2D eigenvalue weighted by Gasteiger charge is -2.16. The number of benzene rings is 2. The highest BCUT2D eigenvalue weighted by Gasteiger charge is 2.22. The number of rotatable bonds is 5. The van der Waals surface area contributed by atoms with Gasteiger partial charge in [0.25, 0.3) is 0 Å². The number of hydrogen-bond acceptors (Lipinski definition) is 2. The summed E-state index contributed by atoms with van der Waals surface area (Å²) in [5, 5.41) is 0. The van der Waals surface area contributed by atoms with Crippen LogP contribution in [0.1, 0.15) is 40.7 Å². The molecule has 2 aromatic rings. The second-order valence-electron chi connectivity index (χ2n) is 6.97. The highest BCUT2D eigenvalue weighted by Crippen LogP contribution is 2.36. The smallest absolute Gasteiger partial charge is 0.133 e. The summed E-state index contributed by atoms with van der Waals surface area (Å²) >= 11 is 0. The molecule has 0 unspecified atom stereocenters. The van der Waals surface area contributed by atoms with Crippen molar-refractivity contribution in [2.75, 3.05) is 6.61 Å². The Labute approximate surface area is 139 Å². The maximum Gasteiger partial charge on any atom is 0.133 e. The summed E-state index contributed by atoms with van der Waals surface area (Å²) in [5.74, 6) is 3.62. The lowest BCUT2D eigenvalue weighted by atomic mass is 10.1. The van der Waals surface area contributed by atoms with Crippen LogP contribution in [0.4, 0.5) is 0 Å². The maximum absolute atomic E-state index is 6.19. The fourth-order valence-electron chi connectivity index (χ4n) is 3.13. The van der Waals surface area contributed by atoms with Gasteiger partial charge in [0.05, 0.1) is 6.61 Å². The Morgan fingerprint density at radius 2 is 1.30 bits per heavy atom. The molecule has 2 aromatic carbocycles. The Balaban J connectivity index is 1.83. The van der Waals surface area contributed by atoms with Gasteiger partial charge in [-0.05, 0) is 87.8 Å². The second kappa shape index (κ2) is 6.27. The molecule has 0 saturated heterocycles. The first-order valence-electron chi connectivity index (χ1n) is 8.44. The van der Waals surface area contributed by atoms with Crippen molar-refractivity contribution in [1.29, 1.82) is 0 Å². The van der Waals surface area contributed by atoms with Crippen LogP contribution in [0.25, 0.3) is 0 Å². The van der Waals surface area contributed by atoms with Crippen molar-refractivity contribution < 1.29 is 9.47 Å². The summed E-state index contributed by atoms with van der Waals surface area (Å²) in [5.41, 5.74) is 5.90. The van der Waals surface area contributed by atoms with Crippen molar-refractivity contribution in [3.05, 3.63) is 52.1 Å². The van der Waals surface area contributed by atoms with Crippen LogP contribution in [0.2, 0.25) is 0 Å². The van der Waals surface area contributed by atoms with Gasteiger partial charge in [0.15, 0.2) is 0 Å². The van der Waals surface area contributed by atoms with E-state index in [-0.39, 0.29) is 0 Å². The molecule has 3 rings (SSSR count). The van der Waals surface area contributed by atoms with Crippen molar-refractivity contribution in [1.82, 2.24) is 0 Å². The summed E-state index contributed by atoms with van der Waals surface area (Å²) in [4.78, 5) is 0. The van der Waals surface area contributed by atoms with Gasteiger partial charge in [-0.15, -0.1) is 0 Å². The van der Waals surface area contributed by atoms with Gasteiger partial charge in [0.2, 0.25) is 0 Å². The van der Waals surface area contributed by atoms with Gasteiger partial charge < -0.3 is 9.47 Å². The van der Waals surface area contributed by atoms with E-state index in [0.29, 0.717) is 0 Å². The van der Waals surface area contributed by atoms with Crippen molar-refractivity contribution in [2.45, 2.75) is 47.5 Å². The number of ether oxygens (including phenoxy) is 2. The molecule has 0 amide bonds. The van der Waals surface area contributed by atoms with Crippen LogP contribution in [-0.2, 0) is 0 Å². The lowest BCUT2D eigenvalue weighted by Crippen LogP contribution is -2.02. The minimum absolute atomic E-state index is 0.766. The average molecular weight is 310 g/mol. The summed E-state index contributed by atoms with van der Waals surface area (Å²) in [6, 6.07) is 8.48. The van der Waals surface area contributed by atoms with E-state index in [2.05, 4.69) is 58.9 Å². The Hall–Kier alpha value is -1.96. The van der Waals surface area contributed by atoms with E-state index in [1.165, 1.54) is 29.5 Å². The van der Waals surface area contributed by atoms with Crippen molar-refractivity contribution in [3.8, 4) is 17.2 Å². The third-order valence-corrected chi connectivity index (χ3v) is 4.42. The second-order valence-corrected chi connectivity index (χ2v) is 6.97. The van der Waals surface area contributed by atoms with Gasteiger partial charge in [-0.3, -0.25) is 0 Å². The first kappa shape index (κ1) is 15.9. The minimum atomic E-state index is 0.766. The van der Waals surface area contributed by atoms with E-state index in [0.717, 1.165) is 40.9 Å². The minimum Gasteiger partial charge on any atom is -0.493 e. The summed E-state index contributed by atoms with van der Waals surface area (Å²) in [6.07, 6.45) is 2.62. The summed E-state index contributed by atoms with van der Waals surface area (Å²) in [6.45, 7) is 11.3. The summed E-state index contributed by atoms with van der Waals surface area (Å²) in [7, 11) is 0. The van der Waals surface area contributed by atoms with Gasteiger partial charge >= 0.3 is 0 Å². The molecular formula is C21H26O2. The average Bonchev–Trinajstić information content (AvgIpc) is 3.26. The van der Waals surface area contributed by atoms with Crippen LogP contribution < -0.4 is 9.47 Å². The van der Waals surface area contributed by atoms with Gasteiger partial charge in [-0.2, -0.15) is 0 Å². The van der Waals surface area contributed by atoms with E-state index in [1.807, 2.05) is 0 Å². The maximum atomic E-state index is 6.19. The monoisotopic (exact) mass is 310 g/mol. The quantitative estimate of drug-likeness (QED) is 0.694. The van der Waals surface area contributed by atoms with Crippen molar-refractivity contribution in [2.24, 2.45) is 5.92 Å². The van der Waals surface area contributed by atoms with Gasteiger partial charge in [0, 0.05) is 0 Å². The molecule has 0 aromatic heterocycles. The zero-order valence-corrected chi connectivity index (χ0v) is 14.8. The standard InChI is InChI=1S/C21H26O2/c1-13-8-14(2)21(15(3)9-13)23-19-10-16(4)20(17(5)11-19)22-12-18-6-7-18/h8-11,18H,6-7,12H2,1-5H3. The molecule has 0 atom stereocenters. The Bertz CT molecular complexity index is 681. The lowest BCUT2D eigenvalue weighted by molar-refractivity contribution is 0.295. The molecule has 0 spiro atoms. The molecule has 23 heavy (non-hydrogen) atoms. The molecule has 1 fully saturated rings. The van der Waals surface area contributed by atoms with Crippen LogP contribution in [0.5, 0.6) is 17.2 Å². The molecule has 2 nitrogen and oxygen atoms in total. The van der Waals surface area contributed by atoms with E-state index in [4.69, 9.17) is 9.47 Å². The first-order valence-corrected chi connectivity index (χ1v) is 8.44. The molecule has 1 aliphatic rings. The highest BCUT2D eigenvalue weighted by atomic mass is 16.5. The van der Waals surface area contributed by atoms with Gasteiger partial charge in [-0.25, -0.2) is 0 Å². The predicted octanol–water partition coefficient (Wildman–Crippen LogP) is 5.81. The molecular weight excluding hydrogens is 284 g/mol. The molecule has 122 valence electrons. The SMILES string of the molecule is Cc1cc(C)c(Oc2cc(C)c(OCC3CC3)c(C)c2)c(C)c1. The third kappa shape index (κ3) is 3.69. The van der Waals surface area contributed by atoms with Crippen molar-refractivity contribution >= 4 is 0 Å². The summed E-state index contributed by atoms with van der Waals surface area (Å²) < 4.78 is 12.2. The fraction of sp³-hybridized carbons (Fsp3) is 0.429. The van der Waals surface area contributed by atoms with Crippen LogP contribution in [0, 0.1) is 40.5 Å². The predicted molar refractivity (Wildman–Crippen MR) is 94.9 cm³/mol. The van der Waals surface area contributed by atoms with Crippen molar-refractivity contribution in [3.63, 3.8) is 0 Å². The number of aryl methyl sites for hydroxylation is 5. The van der Waals surface area contributed by atoms with Gasteiger partial charge in [-0.1, -0.05) is 17.7 Å². The van der Waals surface area contributed by atoms with Crippen LogP contribution >= 0.6 is 0 Å². The zero-order chi connectivity index (χ0) is 16.6. The Kier molecular flexibility index (Phi) is 4.34. The normalized spacial score (nSPS) is 14.0. The topological polar surface area (TPSA) is 18.5 Å². The van der Waals surface area contributed by atoms with E-state index < -0.39 is 0 Å². The Morgan fingerprint density at radius 1 is 0.783 bits per heavy atom. The number of hydrogen-bond donors (Lipinski definition) is 0. The van der Waals surface area contributed by atoms with E-state index >= 15 is 0 Å². The van der Waals surface area contributed by atoms with E-state index in [9.17, 15) is 0 Å². The zero-order valence-electron chi connectivity index (χ0n) is 14.8. The highest BCUT2D eigenvalue weighted by molar-refractivity contribution is 5.50. The van der Waals surface area contributed by atoms with Crippen LogP contribution in [0.15, 0.2) is 24.3 Å². The largest absolute Gasteiger partial charge is 0.493 e. The molecule has 0 bridgehead atoms. The molecule has 1 aliphatic carbocycles. The first-order chi connectivity index (χ1) is 10.9. The fourth-order valence-corrected chi connectivity index (χ4v) is 3.13. The van der Waals surface area contributed by atoms with Gasteiger partial charge in [0.1, 0.15) is 17.2 Å². The molecule has 2 heteroatoms. The molecule has 0 heterocycles. The van der Waals surface area contributed by atoms with Crippen LogP contribution in [0.3, 0.4) is 0 Å². The molecule has 1 saturated carbocycles.